The van der Waals surface area contributed by atoms with Crippen molar-refractivity contribution in [3.63, 3.8) is 0 Å². The molecular formula is C19H22N2O5. The number of ether oxygens (including phenoxy) is 1. The third-order valence-electron chi connectivity index (χ3n) is 3.90. The van der Waals surface area contributed by atoms with Gasteiger partial charge in [0.2, 0.25) is 0 Å². The molecule has 2 aromatic rings. The van der Waals surface area contributed by atoms with Gasteiger partial charge in [-0.05, 0) is 36.1 Å². The minimum absolute atomic E-state index is 0.0272. The first-order valence-corrected chi connectivity index (χ1v) is 8.24. The summed E-state index contributed by atoms with van der Waals surface area (Å²) in [5, 5.41) is 23.1. The second-order valence-corrected chi connectivity index (χ2v) is 6.33. The second-order valence-electron chi connectivity index (χ2n) is 6.33. The van der Waals surface area contributed by atoms with Crippen LogP contribution in [0.2, 0.25) is 0 Å². The Morgan fingerprint density at radius 1 is 1.27 bits per heavy atom. The van der Waals surface area contributed by atoms with E-state index < -0.39 is 4.92 Å². The zero-order chi connectivity index (χ0) is 19.3. The number of phenols is 1. The molecule has 0 atom stereocenters. The first-order valence-electron chi connectivity index (χ1n) is 8.24. The molecule has 2 N–H and O–H groups in total. The lowest BCUT2D eigenvalue weighted by molar-refractivity contribution is -0.384. The van der Waals surface area contributed by atoms with E-state index in [1.165, 1.54) is 18.2 Å². The Hall–Kier alpha value is -3.09. The molecule has 0 aliphatic carbocycles. The molecule has 0 aromatic heterocycles. The third kappa shape index (κ3) is 4.95. The zero-order valence-corrected chi connectivity index (χ0v) is 15.0. The van der Waals surface area contributed by atoms with Crippen LogP contribution in [0.5, 0.6) is 11.5 Å². The largest absolute Gasteiger partial charge is 0.508 e. The van der Waals surface area contributed by atoms with Crippen LogP contribution in [0.15, 0.2) is 36.4 Å². The fraction of sp³-hybridized carbons (Fsp3) is 0.316. The highest BCUT2D eigenvalue weighted by molar-refractivity contribution is 5.77. The van der Waals surface area contributed by atoms with Crippen LogP contribution in [-0.4, -0.2) is 22.5 Å². The van der Waals surface area contributed by atoms with Crippen molar-refractivity contribution >= 4 is 11.6 Å². The summed E-state index contributed by atoms with van der Waals surface area (Å²) in [6.07, 6.45) is 0. The number of nitrogens with zero attached hydrogens (tertiary/aromatic N) is 1. The molecule has 0 radical (unpaired) electrons. The van der Waals surface area contributed by atoms with Gasteiger partial charge in [0, 0.05) is 24.2 Å². The highest BCUT2D eigenvalue weighted by Gasteiger charge is 2.13. The smallest absolute Gasteiger partial charge is 0.270 e. The number of carbonyl (C=O) groups is 1. The van der Waals surface area contributed by atoms with Gasteiger partial charge in [-0.3, -0.25) is 14.9 Å². The van der Waals surface area contributed by atoms with Crippen molar-refractivity contribution in [2.45, 2.75) is 33.2 Å². The van der Waals surface area contributed by atoms with Crippen LogP contribution in [-0.2, 0) is 11.3 Å². The summed E-state index contributed by atoms with van der Waals surface area (Å²) in [5.41, 5.74) is 2.17. The standard InChI is InChI=1S/C19H22N2O5/c1-12(2)16-6-4-13(3)8-18(16)26-11-19(23)20-10-14-9-15(21(24)25)5-7-17(14)22/h4-9,12,22H,10-11H2,1-3H3,(H,20,23). The molecule has 1 amide bonds. The summed E-state index contributed by atoms with van der Waals surface area (Å²) in [7, 11) is 0. The maximum Gasteiger partial charge on any atom is 0.270 e. The number of benzene rings is 2. The lowest BCUT2D eigenvalue weighted by atomic mass is 10.0. The van der Waals surface area contributed by atoms with Crippen molar-refractivity contribution in [3.05, 3.63) is 63.2 Å². The van der Waals surface area contributed by atoms with Gasteiger partial charge in [0.15, 0.2) is 6.61 Å². The van der Waals surface area contributed by atoms with Crippen molar-refractivity contribution in [1.82, 2.24) is 5.32 Å². The first kappa shape index (κ1) is 19.2. The lowest BCUT2D eigenvalue weighted by Gasteiger charge is -2.15. The number of carbonyl (C=O) groups excluding carboxylic acids is 1. The molecule has 0 saturated heterocycles. The van der Waals surface area contributed by atoms with Crippen LogP contribution in [0.25, 0.3) is 0 Å². The Morgan fingerprint density at radius 3 is 2.65 bits per heavy atom. The molecule has 2 rings (SSSR count). The fourth-order valence-electron chi connectivity index (χ4n) is 2.46. The number of nitrogens with one attached hydrogen (secondary N) is 1. The van der Waals surface area contributed by atoms with Gasteiger partial charge in [-0.2, -0.15) is 0 Å². The molecule has 0 fully saturated rings. The Kier molecular flexibility index (Phi) is 6.16. The van der Waals surface area contributed by atoms with Gasteiger partial charge in [0.25, 0.3) is 11.6 Å². The molecule has 0 aliphatic heterocycles. The van der Waals surface area contributed by atoms with Crippen LogP contribution >= 0.6 is 0 Å². The highest BCUT2D eigenvalue weighted by Crippen LogP contribution is 2.27. The van der Waals surface area contributed by atoms with Crippen LogP contribution < -0.4 is 10.1 Å². The lowest BCUT2D eigenvalue weighted by Crippen LogP contribution is -2.28. The van der Waals surface area contributed by atoms with Gasteiger partial charge in [-0.1, -0.05) is 26.0 Å². The number of amides is 1. The van der Waals surface area contributed by atoms with E-state index in [-0.39, 0.29) is 42.0 Å². The summed E-state index contributed by atoms with van der Waals surface area (Å²) in [6.45, 7) is 5.83. The number of non-ortho nitro benzene ring substituents is 1. The van der Waals surface area contributed by atoms with E-state index in [0.29, 0.717) is 5.75 Å². The van der Waals surface area contributed by atoms with Gasteiger partial charge in [-0.15, -0.1) is 0 Å². The molecule has 2 aromatic carbocycles. The Morgan fingerprint density at radius 2 is 2.00 bits per heavy atom. The van der Waals surface area contributed by atoms with Crippen LogP contribution in [0.4, 0.5) is 5.69 Å². The minimum Gasteiger partial charge on any atom is -0.508 e. The van der Waals surface area contributed by atoms with Crippen molar-refractivity contribution in [3.8, 4) is 11.5 Å². The fourth-order valence-corrected chi connectivity index (χ4v) is 2.46. The van der Waals surface area contributed by atoms with Crippen LogP contribution in [0.3, 0.4) is 0 Å². The number of nitro groups is 1. The van der Waals surface area contributed by atoms with E-state index in [9.17, 15) is 20.0 Å². The molecule has 7 nitrogen and oxygen atoms in total. The van der Waals surface area contributed by atoms with E-state index in [1.807, 2.05) is 39.0 Å². The summed E-state index contributed by atoms with van der Waals surface area (Å²) in [6, 6.07) is 9.53. The van der Waals surface area contributed by atoms with Crippen molar-refractivity contribution < 1.29 is 19.6 Å². The summed E-state index contributed by atoms with van der Waals surface area (Å²) < 4.78 is 5.64. The zero-order valence-electron chi connectivity index (χ0n) is 15.0. The predicted molar refractivity (Wildman–Crippen MR) is 97.4 cm³/mol. The Bertz CT molecular complexity index is 818. The molecule has 0 spiro atoms. The second kappa shape index (κ2) is 8.33. The molecule has 0 bridgehead atoms. The molecule has 26 heavy (non-hydrogen) atoms. The minimum atomic E-state index is -0.556. The number of rotatable bonds is 7. The van der Waals surface area contributed by atoms with Crippen molar-refractivity contribution in [2.75, 3.05) is 6.61 Å². The summed E-state index contributed by atoms with van der Waals surface area (Å²) in [5.74, 6) is 0.425. The quantitative estimate of drug-likeness (QED) is 0.583. The Balaban J connectivity index is 1.97. The average molecular weight is 358 g/mol. The highest BCUT2D eigenvalue weighted by atomic mass is 16.6. The normalized spacial score (nSPS) is 10.6. The maximum absolute atomic E-state index is 12.0. The number of nitro benzene ring substituents is 1. The van der Waals surface area contributed by atoms with E-state index >= 15 is 0 Å². The SMILES string of the molecule is Cc1ccc(C(C)C)c(OCC(=O)NCc2cc([N+](=O)[O-])ccc2O)c1. The van der Waals surface area contributed by atoms with Gasteiger partial charge >= 0.3 is 0 Å². The first-order chi connectivity index (χ1) is 12.3. The number of hydrogen-bond donors (Lipinski definition) is 2. The van der Waals surface area contributed by atoms with Crippen LogP contribution in [0.1, 0.15) is 36.5 Å². The van der Waals surface area contributed by atoms with Gasteiger partial charge in [0.05, 0.1) is 4.92 Å². The number of aromatic hydroxyl groups is 1. The Labute approximate surface area is 151 Å². The maximum atomic E-state index is 12.0. The molecule has 138 valence electrons. The van der Waals surface area contributed by atoms with Gasteiger partial charge in [-0.25, -0.2) is 0 Å². The van der Waals surface area contributed by atoms with Gasteiger partial charge < -0.3 is 15.2 Å². The number of aryl methyl sites for hydroxylation is 1. The van der Waals surface area contributed by atoms with E-state index in [2.05, 4.69) is 5.32 Å². The molecule has 0 heterocycles. The van der Waals surface area contributed by atoms with E-state index in [0.717, 1.165) is 11.1 Å². The van der Waals surface area contributed by atoms with Gasteiger partial charge in [0.1, 0.15) is 11.5 Å². The van der Waals surface area contributed by atoms with Crippen molar-refractivity contribution in [2.24, 2.45) is 0 Å². The molecule has 0 aliphatic rings. The van der Waals surface area contributed by atoms with E-state index in [4.69, 9.17) is 4.74 Å². The predicted octanol–water partition coefficient (Wildman–Crippen LogP) is 3.43. The summed E-state index contributed by atoms with van der Waals surface area (Å²) >= 11 is 0. The molecule has 7 heteroatoms. The molecular weight excluding hydrogens is 336 g/mol. The monoisotopic (exact) mass is 358 g/mol. The van der Waals surface area contributed by atoms with E-state index in [1.54, 1.807) is 0 Å². The number of phenolic OH excluding ortho intramolecular Hbond substituents is 1. The molecule has 0 unspecified atom stereocenters. The molecule has 0 saturated carbocycles. The topological polar surface area (TPSA) is 102 Å². The number of hydrogen-bond acceptors (Lipinski definition) is 5. The summed E-state index contributed by atoms with van der Waals surface area (Å²) in [4.78, 5) is 22.3. The average Bonchev–Trinajstić information content (AvgIpc) is 2.58. The van der Waals surface area contributed by atoms with Crippen molar-refractivity contribution in [1.29, 1.82) is 0 Å². The third-order valence-corrected chi connectivity index (χ3v) is 3.90. The van der Waals surface area contributed by atoms with Crippen LogP contribution in [0, 0.1) is 17.0 Å².